The van der Waals surface area contributed by atoms with Crippen LogP contribution in [-0.2, 0) is 172 Å². The number of hydrogen-bond donors (Lipinski definition) is 9. The predicted octanol–water partition coefficient (Wildman–Crippen LogP) is -0.128. The standard InChI is InChI=1S/C72H95N28O32P7S7/c1-6-34-35(7-51(119-34)97-27-87-55-61(75)79-23-83-65(55)97)127-134(106,141)113-21-46-40(12-53(124-46)99-29-89-57-63(77)81-25-85-67(57)99)132-139(111,146)118-22-47-41(13-54(125-47)100-30-90-58-64(78)82-26-86-68(58)100)131-138(110,145)117-19-44-38(9-49(121-44)95-15-32(3)60(74)92-71(95)103)129-136(108,143)116-20-45-39(10-50(122-45)96-16-33(4)69(101)93-72(96)104)130-137(109,144)115-18-43-37(8-48(120-43)94-14-31(2)59(73)91-70(94)102)128-135(107,142)114-17-42-36(126-133(105,140)112-5)11-52(123-42)98-28-88-56-62(76)80-24-84-66(56)98/h14-16,23-30,34-54H,6-13,17-22H2,1-5H3,(H,105,140)(H,106,141)(H,107,142)(H,108,143)(H,109,144)(H,110,145)(H,111,146)(H2,73,91,102)(H2,74,92,103)(H2,75,79,83)(H2,76,80,84)(H2,77,81,85)(H2,78,82,86)(H,93,101,104)/p-5/t34-,35-,36-,37-,38-,39-,40-,41-,42-,43-,44-,45-,46-,47-,48-,49-,50-,51-,52-,53-,54-,133?,134?,135?,136?,137?,138?,139?/m1/s1. The Kier molecular flexibility index (Phi) is 32.6. The molecule has 7 fully saturated rings. The lowest BCUT2D eigenvalue weighted by Crippen LogP contribution is -2.34. The molecule has 0 aromatic carbocycles. The molecule has 11 aromatic rings. The minimum absolute atomic E-state index is 0.00851. The summed E-state index contributed by atoms with van der Waals surface area (Å²) in [6, 6.07) is 0. The fraction of sp³-hybridized carbons (Fsp3) is 0.556. The first-order valence-electron chi connectivity index (χ1n) is 43.9. The zero-order valence-electron chi connectivity index (χ0n) is 76.4. The summed E-state index contributed by atoms with van der Waals surface area (Å²) in [5.41, 5.74) is 35.5. The van der Waals surface area contributed by atoms with Gasteiger partial charge in [0.2, 0.25) is 0 Å². The van der Waals surface area contributed by atoms with E-state index >= 15 is 4.89 Å². The van der Waals surface area contributed by atoms with E-state index in [1.165, 1.54) is 90.6 Å². The molecule has 0 radical (unpaired) electrons. The molecule has 0 spiro atoms. The third kappa shape index (κ3) is 24.5. The second-order valence-corrected chi connectivity index (χ2v) is 53.2. The SMILES string of the molecule is CC[C@H]1O[C@@H](n2cnc3c(N)ncnc32)C[C@H]1OP(O)(=S)OC[C@H]1O[C@@H](n2cnc3c(N)ncnc32)C[C@H]1OP(=O)(S)OC[C@H]1O[C@@H](n2cnc3c(N)ncnc32)C[C@H]1OP([O-])(=S)OC[C@H]1O[C@@H](n2cc(C)c(N)nc2=O)C[C@H]1OP([O-])(=S)OC[C@H]1O[C@@H](n2cc(C)c(=O)[nH]c2=O)C[C@H]1OP([O-])(=S)OC[C@H]1O[C@@H](n2cc(C)c(N)nc2=O)C[C@H]1OP([O-])(=S)OC[C@H]1O[C@@H](n2cnc3c(N)ncnc32)C[C@H]1OP([O-])(=S)OC. The number of nitrogens with zero attached hydrogens (tertiary/aromatic N) is 21. The highest BCUT2D eigenvalue weighted by atomic mass is 32.7. The van der Waals surface area contributed by atoms with Crippen LogP contribution in [0.5, 0.6) is 0 Å². The van der Waals surface area contributed by atoms with Gasteiger partial charge < -0.3 is 151 Å². The number of fused-ring (bicyclic) bond motifs is 4. The summed E-state index contributed by atoms with van der Waals surface area (Å²) in [7, 11) is 1.07. The van der Waals surface area contributed by atoms with Crippen molar-refractivity contribution in [1.29, 1.82) is 0 Å². The Morgan fingerprint density at radius 1 is 0.377 bits per heavy atom. The molecule has 0 amide bonds. The molecule has 7 saturated heterocycles. The Hall–Kier alpha value is -7.16. The number of aromatic amines is 1. The molecule has 60 nitrogen and oxygen atoms in total. The van der Waals surface area contributed by atoms with E-state index < -0.39 is 251 Å². The number of rotatable bonds is 41. The van der Waals surface area contributed by atoms with Gasteiger partial charge in [-0.3, -0.25) is 50.8 Å². The Balaban J connectivity index is 0.555. The highest BCUT2D eigenvalue weighted by Crippen LogP contribution is 2.60. The fourth-order valence-corrected chi connectivity index (χ4v) is 27.0. The Bertz CT molecular complexity index is 7400. The molecular weight excluding hydrogens is 2210 g/mol. The van der Waals surface area contributed by atoms with Gasteiger partial charge in [0, 0.05) is 87.3 Å². The molecule has 7 unspecified atom stereocenters. The van der Waals surface area contributed by atoms with Crippen LogP contribution in [0, 0.1) is 20.8 Å². The van der Waals surface area contributed by atoms with Crippen LogP contribution in [-0.4, -0.2) is 244 Å². The summed E-state index contributed by atoms with van der Waals surface area (Å²) < 4.78 is 152. The zero-order valence-corrected chi connectivity index (χ0v) is 88.4. The van der Waals surface area contributed by atoms with Crippen molar-refractivity contribution in [2.45, 2.75) is 208 Å². The van der Waals surface area contributed by atoms with Gasteiger partial charge in [0.25, 0.3) is 5.56 Å². The normalized spacial score (nSPS) is 29.5. The van der Waals surface area contributed by atoms with Crippen LogP contribution in [0.3, 0.4) is 0 Å². The third-order valence-corrected chi connectivity index (χ3v) is 35.5. The Morgan fingerprint density at radius 2 is 0.644 bits per heavy atom. The van der Waals surface area contributed by atoms with E-state index in [4.69, 9.17) is 202 Å². The maximum absolute atomic E-state index is 15.1. The van der Waals surface area contributed by atoms with E-state index in [-0.39, 0.29) is 106 Å². The van der Waals surface area contributed by atoms with Crippen LogP contribution < -0.4 is 81.5 Å². The first-order valence-corrected chi connectivity index (χ1v) is 61.9. The lowest BCUT2D eigenvalue weighted by atomic mass is 10.1. The maximum Gasteiger partial charge on any atom is 0.386 e. The minimum Gasteiger partial charge on any atom is -0.780 e. The zero-order chi connectivity index (χ0) is 104. The number of anilines is 6. The van der Waals surface area contributed by atoms with Gasteiger partial charge in [-0.25, -0.2) is 78.8 Å². The number of thiol groups is 1. The predicted molar refractivity (Wildman–Crippen MR) is 522 cm³/mol. The van der Waals surface area contributed by atoms with Crippen molar-refractivity contribution in [1.82, 2.24) is 107 Å². The number of aryl methyl sites for hydroxylation is 3. The number of imidazole rings is 4. The van der Waals surface area contributed by atoms with Gasteiger partial charge in [-0.1, -0.05) is 78.2 Å². The van der Waals surface area contributed by atoms with Crippen LogP contribution in [0.2, 0.25) is 0 Å². The average molecular weight is 2300 g/mol. The van der Waals surface area contributed by atoms with Crippen molar-refractivity contribution >= 4 is 210 Å². The van der Waals surface area contributed by atoms with E-state index in [1.807, 2.05) is 6.92 Å². The van der Waals surface area contributed by atoms with Crippen molar-refractivity contribution in [2.75, 3.05) is 81.2 Å². The summed E-state index contributed by atoms with van der Waals surface area (Å²) >= 11 is 37.3. The average Bonchev–Trinajstić information content (AvgIpc) is 1.73. The molecule has 28 atom stereocenters. The Morgan fingerprint density at radius 3 is 0.959 bits per heavy atom. The van der Waals surface area contributed by atoms with Crippen molar-refractivity contribution in [3.8, 4) is 0 Å². The molecule has 0 saturated carbocycles. The topological polar surface area (TPSA) is 802 Å². The van der Waals surface area contributed by atoms with Gasteiger partial charge in [0.05, 0.1) is 108 Å². The number of nitrogens with two attached hydrogens (primary N) is 6. The van der Waals surface area contributed by atoms with E-state index in [0.717, 1.165) is 27.0 Å². The highest BCUT2D eigenvalue weighted by molar-refractivity contribution is 8.44. The number of nitrogen functional groups attached to an aromatic ring is 6. The summed E-state index contributed by atoms with van der Waals surface area (Å²) in [5.74, 6) is -0.0187. The van der Waals surface area contributed by atoms with Gasteiger partial charge in [-0.05, 0) is 39.0 Å². The molecule has 146 heavy (non-hydrogen) atoms. The van der Waals surface area contributed by atoms with Crippen molar-refractivity contribution in [2.24, 2.45) is 0 Å². The van der Waals surface area contributed by atoms with E-state index in [1.54, 1.807) is 11.5 Å². The molecule has 792 valence electrons. The smallest absolute Gasteiger partial charge is 0.386 e. The quantitative estimate of drug-likeness (QED) is 0.0178. The van der Waals surface area contributed by atoms with E-state index in [9.17, 15) is 48.2 Å². The molecule has 18 heterocycles. The maximum atomic E-state index is 15.1. The second kappa shape index (κ2) is 43.8. The number of nitrogens with one attached hydrogen (secondary N) is 1. The van der Waals surface area contributed by atoms with Gasteiger partial charge in [-0.15, -0.1) is 0 Å². The van der Waals surface area contributed by atoms with Crippen LogP contribution in [0.15, 0.2) is 88.4 Å². The summed E-state index contributed by atoms with van der Waals surface area (Å²) in [6.45, 7) is -31.3. The molecule has 0 aliphatic carbocycles. The Labute approximate surface area is 858 Å². The first-order chi connectivity index (χ1) is 69.1. The summed E-state index contributed by atoms with van der Waals surface area (Å²) in [5, 5.41) is 0. The van der Waals surface area contributed by atoms with Gasteiger partial charge in [0.1, 0.15) is 179 Å². The van der Waals surface area contributed by atoms with Crippen LogP contribution in [0.1, 0.15) is 119 Å². The molecule has 74 heteroatoms. The number of aromatic nitrogens is 22. The van der Waals surface area contributed by atoms with E-state index in [2.05, 4.69) is 87.0 Å². The number of H-pyrrole nitrogens is 1. The van der Waals surface area contributed by atoms with Gasteiger partial charge in [-0.2, -0.15) is 9.97 Å². The van der Waals surface area contributed by atoms with E-state index in [0.29, 0.717) is 28.7 Å². The summed E-state index contributed by atoms with van der Waals surface area (Å²) in [6.07, 6.45) is -13.7. The molecule has 18 rings (SSSR count). The molecule has 7 aliphatic heterocycles. The minimum atomic E-state index is -5.04. The second-order valence-electron chi connectivity index (χ2n) is 33.9. The third-order valence-electron chi connectivity index (χ3n) is 24.4. The highest BCUT2D eigenvalue weighted by Gasteiger charge is 2.51. The molecule has 0 bridgehead atoms. The van der Waals surface area contributed by atoms with Gasteiger partial charge in [0.15, 0.2) is 45.9 Å². The molecular formula is C72H90N28O32P7S7-5. The van der Waals surface area contributed by atoms with Crippen molar-refractivity contribution in [3.05, 3.63) is 128 Å². The number of hydrogen-bond acceptors (Lipinski definition) is 57. The fourth-order valence-electron chi connectivity index (χ4n) is 17.2. The van der Waals surface area contributed by atoms with Crippen LogP contribution in [0.4, 0.5) is 34.9 Å². The van der Waals surface area contributed by atoms with Crippen molar-refractivity contribution in [3.63, 3.8) is 0 Å². The largest absolute Gasteiger partial charge is 0.780 e. The lowest BCUT2D eigenvalue weighted by molar-refractivity contribution is -0.220. The summed E-state index contributed by atoms with van der Waals surface area (Å²) in [4.78, 5) is 198. The van der Waals surface area contributed by atoms with Crippen LogP contribution in [0.25, 0.3) is 44.7 Å². The van der Waals surface area contributed by atoms with Crippen molar-refractivity contribution < 1.29 is 130 Å². The lowest BCUT2D eigenvalue weighted by Gasteiger charge is -2.36. The monoisotopic (exact) mass is 2300 g/mol. The number of ether oxygens (including phenoxy) is 7. The molecule has 11 aromatic heterocycles. The first kappa shape index (κ1) is 109. The van der Waals surface area contributed by atoms with Crippen LogP contribution >= 0.6 is 59.4 Å². The molecule has 14 N–H and O–H groups in total. The van der Waals surface area contributed by atoms with Gasteiger partial charge >= 0.3 is 30.6 Å². The molecule has 7 aliphatic rings.